The Hall–Kier alpha value is -3.11. The van der Waals surface area contributed by atoms with E-state index in [4.69, 9.17) is 9.47 Å². The number of nitrogens with zero attached hydrogens (tertiary/aromatic N) is 1. The van der Waals surface area contributed by atoms with Gasteiger partial charge >= 0.3 is 5.97 Å². The minimum atomic E-state index is -0.484. The van der Waals surface area contributed by atoms with Gasteiger partial charge in [0.1, 0.15) is 17.8 Å². The summed E-state index contributed by atoms with van der Waals surface area (Å²) in [5.74, 6) is 0.0252. The summed E-state index contributed by atoms with van der Waals surface area (Å²) < 4.78 is 11.5. The van der Waals surface area contributed by atoms with Crippen molar-refractivity contribution in [1.29, 1.82) is 0 Å². The van der Waals surface area contributed by atoms with Crippen LogP contribution in [-0.4, -0.2) is 38.1 Å². The predicted octanol–water partition coefficient (Wildman–Crippen LogP) is 5.06. The van der Waals surface area contributed by atoms with Gasteiger partial charge in [-0.25, -0.2) is 0 Å². The first kappa shape index (κ1) is 21.6. The first-order valence-corrected chi connectivity index (χ1v) is 10.1. The van der Waals surface area contributed by atoms with Crippen LogP contribution in [-0.2, 0) is 9.53 Å². The van der Waals surface area contributed by atoms with Crippen molar-refractivity contribution in [2.75, 3.05) is 21.2 Å². The van der Waals surface area contributed by atoms with Gasteiger partial charge in [-0.15, -0.1) is 0 Å². The molecular weight excluding hydrogens is 374 g/mol. The highest BCUT2D eigenvalue weighted by Gasteiger charge is 2.31. The highest BCUT2D eigenvalue weighted by molar-refractivity contribution is 5.82. The SMILES string of the molecule is COc1ccc([C@@H](OC(=O)C(c2ccccc2)c2ccccc2)[C@@H](C)N(C)C)cc1. The van der Waals surface area contributed by atoms with Crippen molar-refractivity contribution >= 4 is 5.97 Å². The van der Waals surface area contributed by atoms with Gasteiger partial charge in [0.2, 0.25) is 0 Å². The maximum atomic E-state index is 13.5. The Balaban J connectivity index is 1.95. The number of likely N-dealkylation sites (N-methyl/N-ethyl adjacent to an activating group) is 1. The van der Waals surface area contributed by atoms with Gasteiger partial charge in [0, 0.05) is 6.04 Å². The molecule has 156 valence electrons. The van der Waals surface area contributed by atoms with Gasteiger partial charge in [0.15, 0.2) is 0 Å². The highest BCUT2D eigenvalue weighted by Crippen LogP contribution is 2.32. The second-order valence-electron chi connectivity index (χ2n) is 7.59. The molecule has 0 radical (unpaired) electrons. The molecule has 2 atom stereocenters. The first-order valence-electron chi connectivity index (χ1n) is 10.1. The molecule has 0 bridgehead atoms. The van der Waals surface area contributed by atoms with Crippen molar-refractivity contribution in [3.05, 3.63) is 102 Å². The molecule has 0 aliphatic carbocycles. The van der Waals surface area contributed by atoms with Crippen LogP contribution in [0.4, 0.5) is 0 Å². The molecule has 3 aromatic rings. The second kappa shape index (κ2) is 10.1. The fourth-order valence-electron chi connectivity index (χ4n) is 3.46. The van der Waals surface area contributed by atoms with E-state index in [1.807, 2.05) is 99.0 Å². The summed E-state index contributed by atoms with van der Waals surface area (Å²) in [6.07, 6.45) is -0.409. The largest absolute Gasteiger partial charge is 0.497 e. The van der Waals surface area contributed by atoms with Gasteiger partial charge in [0.25, 0.3) is 0 Å². The summed E-state index contributed by atoms with van der Waals surface area (Å²) in [6, 6.07) is 27.3. The molecule has 0 unspecified atom stereocenters. The van der Waals surface area contributed by atoms with E-state index in [1.54, 1.807) is 7.11 Å². The maximum Gasteiger partial charge on any atom is 0.318 e. The maximum absolute atomic E-state index is 13.5. The third-order valence-corrected chi connectivity index (χ3v) is 5.44. The lowest BCUT2D eigenvalue weighted by Gasteiger charge is -2.31. The van der Waals surface area contributed by atoms with Crippen molar-refractivity contribution in [3.63, 3.8) is 0 Å². The molecule has 0 fully saturated rings. The number of rotatable bonds is 8. The number of ether oxygens (including phenoxy) is 2. The number of hydrogen-bond acceptors (Lipinski definition) is 4. The monoisotopic (exact) mass is 403 g/mol. The smallest absolute Gasteiger partial charge is 0.318 e. The fourth-order valence-corrected chi connectivity index (χ4v) is 3.46. The van der Waals surface area contributed by atoms with E-state index in [9.17, 15) is 4.79 Å². The van der Waals surface area contributed by atoms with Gasteiger partial charge in [-0.3, -0.25) is 4.79 Å². The van der Waals surface area contributed by atoms with E-state index < -0.39 is 12.0 Å². The number of esters is 1. The summed E-state index contributed by atoms with van der Waals surface area (Å²) in [6.45, 7) is 2.06. The number of benzene rings is 3. The van der Waals surface area contributed by atoms with Crippen molar-refractivity contribution < 1.29 is 14.3 Å². The predicted molar refractivity (Wildman–Crippen MR) is 120 cm³/mol. The number of methoxy groups -OCH3 is 1. The van der Waals surface area contributed by atoms with Crippen molar-refractivity contribution in [2.24, 2.45) is 0 Å². The zero-order valence-corrected chi connectivity index (χ0v) is 18.0. The van der Waals surface area contributed by atoms with Crippen LogP contribution in [0.2, 0.25) is 0 Å². The zero-order chi connectivity index (χ0) is 21.5. The molecule has 4 nitrogen and oxygen atoms in total. The molecule has 0 spiro atoms. The van der Waals surface area contributed by atoms with Gasteiger partial charge in [-0.2, -0.15) is 0 Å². The van der Waals surface area contributed by atoms with E-state index in [0.29, 0.717) is 0 Å². The van der Waals surface area contributed by atoms with Crippen molar-refractivity contribution in [2.45, 2.75) is 25.0 Å². The van der Waals surface area contributed by atoms with E-state index in [2.05, 4.69) is 11.8 Å². The minimum Gasteiger partial charge on any atom is -0.497 e. The van der Waals surface area contributed by atoms with Gasteiger partial charge in [0.05, 0.1) is 7.11 Å². The summed E-state index contributed by atoms with van der Waals surface area (Å²) in [5.41, 5.74) is 2.77. The average molecular weight is 404 g/mol. The topological polar surface area (TPSA) is 38.8 Å². The first-order chi connectivity index (χ1) is 14.5. The normalized spacial score (nSPS) is 13.1. The standard InChI is InChI=1S/C26H29NO3/c1-19(27(2)3)25(22-15-17-23(29-4)18-16-22)30-26(28)24(20-11-7-5-8-12-20)21-13-9-6-10-14-21/h5-19,24-25H,1-4H3/t19-,25+/m1/s1. The zero-order valence-electron chi connectivity index (χ0n) is 18.0. The molecule has 3 aromatic carbocycles. The summed E-state index contributed by atoms with van der Waals surface area (Å²) in [5, 5.41) is 0. The molecular formula is C26H29NO3. The molecule has 0 N–H and O–H groups in total. The molecule has 4 heteroatoms. The molecule has 30 heavy (non-hydrogen) atoms. The van der Waals surface area contributed by atoms with E-state index in [0.717, 1.165) is 22.4 Å². The Kier molecular flexibility index (Phi) is 7.26. The Labute approximate surface area is 179 Å². The molecule has 0 aliphatic rings. The van der Waals surface area contributed by atoms with Crippen LogP contribution in [0.5, 0.6) is 5.75 Å². The molecule has 0 saturated heterocycles. The van der Waals surface area contributed by atoms with Gasteiger partial charge < -0.3 is 14.4 Å². The third kappa shape index (κ3) is 5.08. The molecule has 3 rings (SSSR count). The molecule has 0 amide bonds. The lowest BCUT2D eigenvalue weighted by Crippen LogP contribution is -2.35. The Morgan fingerprint density at radius 2 is 1.27 bits per heavy atom. The lowest BCUT2D eigenvalue weighted by atomic mass is 9.91. The second-order valence-corrected chi connectivity index (χ2v) is 7.59. The Morgan fingerprint density at radius 1 is 0.767 bits per heavy atom. The van der Waals surface area contributed by atoms with Crippen LogP contribution < -0.4 is 4.74 Å². The third-order valence-electron chi connectivity index (χ3n) is 5.44. The van der Waals surface area contributed by atoms with Crippen LogP contribution in [0.15, 0.2) is 84.9 Å². The minimum absolute atomic E-state index is 0.00505. The van der Waals surface area contributed by atoms with Crippen molar-refractivity contribution in [3.8, 4) is 5.75 Å². The number of carbonyl (C=O) groups is 1. The lowest BCUT2D eigenvalue weighted by molar-refractivity contribution is -0.153. The average Bonchev–Trinajstić information content (AvgIpc) is 2.78. The number of carbonyl (C=O) groups excluding carboxylic acids is 1. The van der Waals surface area contributed by atoms with Gasteiger partial charge in [-0.05, 0) is 49.8 Å². The Morgan fingerprint density at radius 3 is 1.70 bits per heavy atom. The molecule has 0 heterocycles. The van der Waals surface area contributed by atoms with Crippen LogP contribution in [0.1, 0.15) is 35.6 Å². The molecule has 0 aromatic heterocycles. The Bertz CT molecular complexity index is 884. The van der Waals surface area contributed by atoms with E-state index in [1.165, 1.54) is 0 Å². The fraction of sp³-hybridized carbons (Fsp3) is 0.269. The van der Waals surface area contributed by atoms with Crippen LogP contribution >= 0.6 is 0 Å². The molecule has 0 aliphatic heterocycles. The summed E-state index contributed by atoms with van der Waals surface area (Å²) in [7, 11) is 5.61. The number of hydrogen-bond donors (Lipinski definition) is 0. The van der Waals surface area contributed by atoms with Crippen LogP contribution in [0.3, 0.4) is 0 Å². The van der Waals surface area contributed by atoms with Gasteiger partial charge in [-0.1, -0.05) is 72.8 Å². The summed E-state index contributed by atoms with van der Waals surface area (Å²) >= 11 is 0. The van der Waals surface area contributed by atoms with Crippen molar-refractivity contribution in [1.82, 2.24) is 4.90 Å². The van der Waals surface area contributed by atoms with E-state index in [-0.39, 0.29) is 12.0 Å². The quantitative estimate of drug-likeness (QED) is 0.493. The molecule has 0 saturated carbocycles. The van der Waals surface area contributed by atoms with Crippen LogP contribution in [0.25, 0.3) is 0 Å². The van der Waals surface area contributed by atoms with Crippen LogP contribution in [0, 0.1) is 0 Å². The van der Waals surface area contributed by atoms with E-state index >= 15 is 0 Å². The summed E-state index contributed by atoms with van der Waals surface area (Å²) in [4.78, 5) is 15.6. The highest BCUT2D eigenvalue weighted by atomic mass is 16.5.